The molecule has 9 nitrogen and oxygen atoms in total. The summed E-state index contributed by atoms with van der Waals surface area (Å²) in [5.74, 6) is -0.535. The first-order valence-electron chi connectivity index (χ1n) is 14.4. The monoisotopic (exact) mass is 746 g/mol. The minimum absolute atomic E-state index is 0.0640. The third kappa shape index (κ3) is 9.79. The standard InChI is InChI=1S/C19H14F3N3O2S2.C15H14F3N3O/c20-19(21,22)11-9-14(25(26)27)18(29-16-8-4-2-6-13(16)24)17(10-11)28-15-7-3-1-5-12(15)23;1-8-2-4-11(19)10(6-8)14(22)21-13-5-3-9(7-12(13)20)15(16,17)18/h1-10H,23-24H2;2-7H,19-20H2,1H3,(H,21,22). The second kappa shape index (κ2) is 15.6. The number of nitrogens with zero attached hydrogens (tertiary/aromatic N) is 1. The number of benzene rings is 5. The highest BCUT2D eigenvalue weighted by Crippen LogP contribution is 2.48. The number of aryl methyl sites for hydroxylation is 1. The average Bonchev–Trinajstić information content (AvgIpc) is 3.05. The van der Waals surface area contributed by atoms with Gasteiger partial charge in [0.1, 0.15) is 4.90 Å². The van der Waals surface area contributed by atoms with E-state index in [4.69, 9.17) is 22.9 Å². The molecule has 5 aromatic rings. The lowest BCUT2D eigenvalue weighted by molar-refractivity contribution is -0.388. The van der Waals surface area contributed by atoms with Crippen LogP contribution < -0.4 is 28.3 Å². The Morgan fingerprint density at radius 1 is 0.667 bits per heavy atom. The highest BCUT2D eigenvalue weighted by molar-refractivity contribution is 8.02. The maximum absolute atomic E-state index is 13.4. The van der Waals surface area contributed by atoms with Crippen LogP contribution in [0.4, 0.5) is 60.5 Å². The third-order valence-electron chi connectivity index (χ3n) is 6.91. The summed E-state index contributed by atoms with van der Waals surface area (Å²) in [5, 5.41) is 14.1. The zero-order valence-corrected chi connectivity index (χ0v) is 27.9. The summed E-state index contributed by atoms with van der Waals surface area (Å²) >= 11 is 1.88. The van der Waals surface area contributed by atoms with E-state index in [1.54, 1.807) is 73.7 Å². The van der Waals surface area contributed by atoms with Gasteiger partial charge in [-0.3, -0.25) is 14.9 Å². The van der Waals surface area contributed by atoms with Gasteiger partial charge in [-0.15, -0.1) is 0 Å². The number of nitrogens with two attached hydrogens (primary N) is 4. The van der Waals surface area contributed by atoms with Crippen molar-refractivity contribution in [3.63, 3.8) is 0 Å². The zero-order chi connectivity index (χ0) is 37.7. The lowest BCUT2D eigenvalue weighted by Gasteiger charge is -2.15. The Hall–Kier alpha value is -5.55. The first-order valence-corrected chi connectivity index (χ1v) is 16.1. The van der Waals surface area contributed by atoms with Crippen LogP contribution in [0.1, 0.15) is 27.0 Å². The number of nitrogen functional groups attached to an aromatic ring is 4. The lowest BCUT2D eigenvalue weighted by atomic mass is 10.1. The summed E-state index contributed by atoms with van der Waals surface area (Å²) in [5.41, 5.74) is 22.5. The van der Waals surface area contributed by atoms with Crippen LogP contribution in [0.15, 0.2) is 117 Å². The molecule has 0 spiro atoms. The van der Waals surface area contributed by atoms with E-state index in [9.17, 15) is 41.3 Å². The number of alkyl halides is 6. The molecule has 17 heteroatoms. The Morgan fingerprint density at radius 2 is 1.24 bits per heavy atom. The number of rotatable bonds is 7. The van der Waals surface area contributed by atoms with Crippen molar-refractivity contribution in [2.24, 2.45) is 0 Å². The topological polar surface area (TPSA) is 176 Å². The molecule has 0 aliphatic rings. The summed E-state index contributed by atoms with van der Waals surface area (Å²) in [6.07, 6.45) is -9.23. The van der Waals surface area contributed by atoms with E-state index >= 15 is 0 Å². The zero-order valence-electron chi connectivity index (χ0n) is 26.3. The van der Waals surface area contributed by atoms with Crippen molar-refractivity contribution < 1.29 is 36.1 Å². The highest BCUT2D eigenvalue weighted by Gasteiger charge is 2.35. The molecule has 0 bridgehead atoms. The Labute approximate surface area is 295 Å². The second-order valence-electron chi connectivity index (χ2n) is 10.7. The molecule has 5 rings (SSSR count). The van der Waals surface area contributed by atoms with Crippen molar-refractivity contribution in [2.45, 2.75) is 38.9 Å². The second-order valence-corrected chi connectivity index (χ2v) is 12.8. The fourth-order valence-electron chi connectivity index (χ4n) is 4.35. The van der Waals surface area contributed by atoms with E-state index in [0.717, 1.165) is 53.4 Å². The smallest absolute Gasteiger partial charge is 0.398 e. The van der Waals surface area contributed by atoms with Gasteiger partial charge in [0.15, 0.2) is 0 Å². The molecule has 1 amide bonds. The summed E-state index contributed by atoms with van der Waals surface area (Å²) in [6.45, 7) is 1.79. The predicted molar refractivity (Wildman–Crippen MR) is 187 cm³/mol. The van der Waals surface area contributed by atoms with Crippen LogP contribution in [-0.4, -0.2) is 10.8 Å². The number of carbonyl (C=O) groups is 1. The van der Waals surface area contributed by atoms with Crippen molar-refractivity contribution in [3.05, 3.63) is 129 Å². The first kappa shape index (κ1) is 38.3. The summed E-state index contributed by atoms with van der Waals surface area (Å²) in [4.78, 5) is 24.1. The van der Waals surface area contributed by atoms with Crippen LogP contribution in [0, 0.1) is 17.0 Å². The third-order valence-corrected chi connectivity index (χ3v) is 9.40. The van der Waals surface area contributed by atoms with Crippen molar-refractivity contribution in [2.75, 3.05) is 28.3 Å². The summed E-state index contributed by atoms with van der Waals surface area (Å²) in [7, 11) is 0. The Morgan fingerprint density at radius 3 is 1.76 bits per heavy atom. The molecule has 0 saturated carbocycles. The van der Waals surface area contributed by atoms with Gasteiger partial charge in [0, 0.05) is 37.8 Å². The van der Waals surface area contributed by atoms with Crippen LogP contribution in [0.5, 0.6) is 0 Å². The molecule has 0 fully saturated rings. The predicted octanol–water partition coefficient (Wildman–Crippen LogP) is 9.51. The molecule has 0 aliphatic carbocycles. The average molecular weight is 747 g/mol. The van der Waals surface area contributed by atoms with Gasteiger partial charge < -0.3 is 28.3 Å². The SMILES string of the molecule is Cc1ccc(N)c(C(=O)Nc2ccc(C(F)(F)F)cc2N)c1.Nc1ccccc1Sc1cc(C(F)(F)F)cc([N+](=O)[O-])c1Sc1ccccc1N. The van der Waals surface area contributed by atoms with Gasteiger partial charge in [-0.05, 0) is 67.6 Å². The summed E-state index contributed by atoms with van der Waals surface area (Å²) in [6, 6.07) is 22.4. The number of hydrogen-bond acceptors (Lipinski definition) is 9. The van der Waals surface area contributed by atoms with Crippen LogP contribution in [-0.2, 0) is 12.4 Å². The number of nitro benzene ring substituents is 1. The molecule has 0 heterocycles. The van der Waals surface area contributed by atoms with Gasteiger partial charge in [0.2, 0.25) is 0 Å². The molecular formula is C34H28F6N6O3S2. The Kier molecular flexibility index (Phi) is 11.7. The lowest BCUT2D eigenvalue weighted by Crippen LogP contribution is -2.16. The van der Waals surface area contributed by atoms with E-state index < -0.39 is 40.0 Å². The Balaban J connectivity index is 0.000000238. The number of carbonyl (C=O) groups excluding carboxylic acids is 1. The largest absolute Gasteiger partial charge is 0.416 e. The number of anilines is 5. The van der Waals surface area contributed by atoms with Crippen molar-refractivity contribution in [1.29, 1.82) is 0 Å². The van der Waals surface area contributed by atoms with E-state index in [2.05, 4.69) is 5.32 Å². The van der Waals surface area contributed by atoms with E-state index in [0.29, 0.717) is 27.2 Å². The van der Waals surface area contributed by atoms with Crippen LogP contribution in [0.25, 0.3) is 0 Å². The molecule has 0 aromatic heterocycles. The van der Waals surface area contributed by atoms with Crippen molar-refractivity contribution in [1.82, 2.24) is 0 Å². The van der Waals surface area contributed by atoms with Gasteiger partial charge in [-0.1, -0.05) is 59.4 Å². The number of para-hydroxylation sites is 2. The van der Waals surface area contributed by atoms with Gasteiger partial charge in [0.25, 0.3) is 11.6 Å². The normalized spacial score (nSPS) is 11.4. The minimum atomic E-state index is -4.74. The van der Waals surface area contributed by atoms with Crippen LogP contribution >= 0.6 is 23.5 Å². The van der Waals surface area contributed by atoms with E-state index in [1.165, 1.54) is 0 Å². The van der Waals surface area contributed by atoms with Crippen molar-refractivity contribution in [3.8, 4) is 0 Å². The first-order chi connectivity index (χ1) is 23.8. The molecule has 0 aliphatic heterocycles. The molecule has 0 atom stereocenters. The summed E-state index contributed by atoms with van der Waals surface area (Å²) < 4.78 is 77.8. The number of nitro groups is 1. The Bertz CT molecular complexity index is 2090. The number of amides is 1. The fourth-order valence-corrected chi connectivity index (χ4v) is 6.50. The number of hydrogen-bond donors (Lipinski definition) is 5. The molecule has 51 heavy (non-hydrogen) atoms. The molecule has 9 N–H and O–H groups in total. The molecule has 266 valence electrons. The van der Waals surface area contributed by atoms with Crippen molar-refractivity contribution >= 4 is 63.6 Å². The number of nitrogens with one attached hydrogen (secondary N) is 1. The molecule has 0 radical (unpaired) electrons. The van der Waals surface area contributed by atoms with Crippen LogP contribution in [0.3, 0.4) is 0 Å². The molecule has 5 aromatic carbocycles. The fraction of sp³-hybridized carbons (Fsp3) is 0.0882. The van der Waals surface area contributed by atoms with Gasteiger partial charge in [0.05, 0.1) is 33.0 Å². The van der Waals surface area contributed by atoms with E-state index in [1.807, 2.05) is 0 Å². The molecule has 0 unspecified atom stereocenters. The van der Waals surface area contributed by atoms with Crippen LogP contribution in [0.2, 0.25) is 0 Å². The van der Waals surface area contributed by atoms with Gasteiger partial charge >= 0.3 is 12.4 Å². The van der Waals surface area contributed by atoms with E-state index in [-0.39, 0.29) is 32.4 Å². The maximum Gasteiger partial charge on any atom is 0.416 e. The van der Waals surface area contributed by atoms with Gasteiger partial charge in [-0.25, -0.2) is 0 Å². The molecule has 0 saturated heterocycles. The highest BCUT2D eigenvalue weighted by atomic mass is 32.2. The van der Waals surface area contributed by atoms with Gasteiger partial charge in [-0.2, -0.15) is 26.3 Å². The number of halogens is 6. The quantitative estimate of drug-likeness (QED) is 0.0470. The molecular weight excluding hydrogens is 719 g/mol. The maximum atomic E-state index is 13.4. The minimum Gasteiger partial charge on any atom is -0.398 e.